The number of fused-ring (bicyclic) bond motifs is 1. The van der Waals surface area contributed by atoms with Crippen LogP contribution in [0.4, 0.5) is 0 Å². The predicted molar refractivity (Wildman–Crippen MR) is 49.3 cm³/mol. The molecule has 0 aliphatic carbocycles. The summed E-state index contributed by atoms with van der Waals surface area (Å²) in [5.74, 6) is -1.01. The minimum absolute atomic E-state index is 0.0647. The smallest absolute Gasteiger partial charge is 0.354 e. The van der Waals surface area contributed by atoms with Crippen molar-refractivity contribution < 1.29 is 9.90 Å². The lowest BCUT2D eigenvalue weighted by Gasteiger charge is -2.02. The molecule has 0 radical (unpaired) electrons. The number of rotatable bonds is 2. The van der Waals surface area contributed by atoms with Gasteiger partial charge in [0.2, 0.25) is 0 Å². The van der Waals surface area contributed by atoms with Gasteiger partial charge in [0.15, 0.2) is 11.3 Å². The van der Waals surface area contributed by atoms with E-state index in [1.54, 1.807) is 22.8 Å². The van der Waals surface area contributed by atoms with Gasteiger partial charge in [0, 0.05) is 11.8 Å². The van der Waals surface area contributed by atoms with Gasteiger partial charge < -0.3 is 5.11 Å². The maximum absolute atomic E-state index is 10.7. The molecule has 14 heavy (non-hydrogen) atoms. The summed E-state index contributed by atoms with van der Waals surface area (Å²) in [6, 6.07) is 3.23. The molecule has 5 heteroatoms. The van der Waals surface area contributed by atoms with E-state index in [0.717, 1.165) is 12.1 Å². The van der Waals surface area contributed by atoms with Crippen molar-refractivity contribution in [2.75, 3.05) is 0 Å². The zero-order chi connectivity index (χ0) is 10.1. The summed E-state index contributed by atoms with van der Waals surface area (Å²) in [4.78, 5) is 14.7. The van der Waals surface area contributed by atoms with E-state index in [9.17, 15) is 4.79 Å². The Morgan fingerprint density at radius 1 is 1.64 bits per heavy atom. The number of hydrogen-bond donors (Lipinski definition) is 1. The molecule has 0 aliphatic heterocycles. The maximum Gasteiger partial charge on any atom is 0.354 e. The first-order chi connectivity index (χ1) is 6.72. The van der Waals surface area contributed by atoms with Crippen molar-refractivity contribution in [2.24, 2.45) is 0 Å². The van der Waals surface area contributed by atoms with Crippen LogP contribution < -0.4 is 0 Å². The summed E-state index contributed by atoms with van der Waals surface area (Å²) in [5.41, 5.74) is 1.48. The van der Waals surface area contributed by atoms with Crippen molar-refractivity contribution >= 4 is 11.6 Å². The zero-order valence-corrected chi connectivity index (χ0v) is 7.64. The molecule has 0 unspecified atom stereocenters. The van der Waals surface area contributed by atoms with Gasteiger partial charge in [-0.2, -0.15) is 5.10 Å². The van der Waals surface area contributed by atoms with Crippen LogP contribution in [0.15, 0.2) is 18.3 Å². The molecule has 0 bridgehead atoms. The van der Waals surface area contributed by atoms with Gasteiger partial charge in [0.25, 0.3) is 0 Å². The second-order valence-corrected chi connectivity index (χ2v) is 2.89. The summed E-state index contributed by atoms with van der Waals surface area (Å²) in [6.45, 7) is 1.95. The van der Waals surface area contributed by atoms with Crippen LogP contribution in [0.2, 0.25) is 0 Å². The third-order valence-corrected chi connectivity index (χ3v) is 2.01. The summed E-state index contributed by atoms with van der Waals surface area (Å²) >= 11 is 0. The Balaban J connectivity index is 2.73. The van der Waals surface area contributed by atoms with Gasteiger partial charge in [0.1, 0.15) is 0 Å². The van der Waals surface area contributed by atoms with E-state index < -0.39 is 5.97 Å². The molecule has 2 aromatic heterocycles. The van der Waals surface area contributed by atoms with Crippen molar-refractivity contribution in [3.63, 3.8) is 0 Å². The highest BCUT2D eigenvalue weighted by molar-refractivity contribution is 5.86. The lowest BCUT2D eigenvalue weighted by Crippen LogP contribution is -2.06. The van der Waals surface area contributed by atoms with Crippen molar-refractivity contribution in [1.82, 2.24) is 14.6 Å². The molecule has 0 aliphatic rings. The first kappa shape index (κ1) is 8.68. The first-order valence-corrected chi connectivity index (χ1v) is 4.29. The molecule has 72 valence electrons. The van der Waals surface area contributed by atoms with E-state index in [1.165, 1.54) is 0 Å². The van der Waals surface area contributed by atoms with E-state index in [-0.39, 0.29) is 5.69 Å². The standard InChI is InChI=1S/C9H9N3O2/c1-2-6-5-7(9(13)14)11-8-3-4-10-12(6)8/h3-5H,2H2,1H3,(H,13,14). The molecule has 0 spiro atoms. The van der Waals surface area contributed by atoms with Gasteiger partial charge >= 0.3 is 5.97 Å². The Labute approximate surface area is 80.0 Å². The molecule has 2 aromatic rings. The molecule has 0 saturated heterocycles. The normalized spacial score (nSPS) is 10.6. The summed E-state index contributed by atoms with van der Waals surface area (Å²) < 4.78 is 1.65. The lowest BCUT2D eigenvalue weighted by molar-refractivity contribution is 0.0690. The van der Waals surface area contributed by atoms with Crippen molar-refractivity contribution in [1.29, 1.82) is 0 Å². The Morgan fingerprint density at radius 3 is 3.07 bits per heavy atom. The van der Waals surface area contributed by atoms with E-state index >= 15 is 0 Å². The van der Waals surface area contributed by atoms with Crippen LogP contribution in [0, 0.1) is 0 Å². The van der Waals surface area contributed by atoms with E-state index in [2.05, 4.69) is 10.1 Å². The number of aromatic nitrogens is 3. The molecule has 0 aromatic carbocycles. The van der Waals surface area contributed by atoms with Gasteiger partial charge in [-0.1, -0.05) is 6.92 Å². The van der Waals surface area contributed by atoms with Crippen LogP contribution in [0.5, 0.6) is 0 Å². The molecule has 0 amide bonds. The van der Waals surface area contributed by atoms with Crippen LogP contribution in [0.25, 0.3) is 5.65 Å². The fraction of sp³-hybridized carbons (Fsp3) is 0.222. The quantitative estimate of drug-likeness (QED) is 0.768. The summed E-state index contributed by atoms with van der Waals surface area (Å²) in [5, 5.41) is 12.9. The number of carboxylic acids is 1. The average molecular weight is 191 g/mol. The molecular weight excluding hydrogens is 182 g/mol. The SMILES string of the molecule is CCc1cc(C(=O)O)nc2ccnn12. The number of hydrogen-bond acceptors (Lipinski definition) is 3. The number of carbonyl (C=O) groups is 1. The van der Waals surface area contributed by atoms with Gasteiger partial charge in [-0.05, 0) is 12.5 Å². The van der Waals surface area contributed by atoms with E-state index in [4.69, 9.17) is 5.11 Å². The Kier molecular flexibility index (Phi) is 1.92. The van der Waals surface area contributed by atoms with Crippen LogP contribution >= 0.6 is 0 Å². The van der Waals surface area contributed by atoms with Gasteiger partial charge in [-0.15, -0.1) is 0 Å². The Morgan fingerprint density at radius 2 is 2.43 bits per heavy atom. The van der Waals surface area contributed by atoms with Gasteiger partial charge in [0.05, 0.1) is 6.20 Å². The number of carboxylic acid groups (broad SMARTS) is 1. The van der Waals surface area contributed by atoms with E-state index in [0.29, 0.717) is 5.65 Å². The second kappa shape index (κ2) is 3.10. The topological polar surface area (TPSA) is 67.5 Å². The third kappa shape index (κ3) is 1.22. The molecule has 0 atom stereocenters. The minimum Gasteiger partial charge on any atom is -0.477 e. The van der Waals surface area contributed by atoms with Crippen LogP contribution in [0.1, 0.15) is 23.1 Å². The van der Waals surface area contributed by atoms with Crippen LogP contribution in [-0.2, 0) is 6.42 Å². The molecule has 0 fully saturated rings. The number of aryl methyl sites for hydroxylation is 1. The average Bonchev–Trinajstić information content (AvgIpc) is 2.63. The molecule has 5 nitrogen and oxygen atoms in total. The fourth-order valence-electron chi connectivity index (χ4n) is 1.34. The summed E-state index contributed by atoms with van der Waals surface area (Å²) in [6.07, 6.45) is 2.33. The van der Waals surface area contributed by atoms with Gasteiger partial charge in [-0.3, -0.25) is 0 Å². The monoisotopic (exact) mass is 191 g/mol. The Bertz CT molecular complexity index is 490. The zero-order valence-electron chi connectivity index (χ0n) is 7.64. The fourth-order valence-corrected chi connectivity index (χ4v) is 1.34. The van der Waals surface area contributed by atoms with Gasteiger partial charge in [-0.25, -0.2) is 14.3 Å². The third-order valence-electron chi connectivity index (χ3n) is 2.01. The first-order valence-electron chi connectivity index (χ1n) is 4.29. The van der Waals surface area contributed by atoms with Crippen molar-refractivity contribution in [2.45, 2.75) is 13.3 Å². The van der Waals surface area contributed by atoms with Crippen LogP contribution in [-0.4, -0.2) is 25.7 Å². The molecule has 2 heterocycles. The van der Waals surface area contributed by atoms with Crippen molar-refractivity contribution in [3.05, 3.63) is 29.7 Å². The minimum atomic E-state index is -1.01. The second-order valence-electron chi connectivity index (χ2n) is 2.89. The number of nitrogens with zero attached hydrogens (tertiary/aromatic N) is 3. The molecule has 0 saturated carbocycles. The largest absolute Gasteiger partial charge is 0.477 e. The highest BCUT2D eigenvalue weighted by Gasteiger charge is 2.09. The maximum atomic E-state index is 10.7. The highest BCUT2D eigenvalue weighted by atomic mass is 16.4. The predicted octanol–water partition coefficient (Wildman–Crippen LogP) is 0.990. The van der Waals surface area contributed by atoms with Crippen molar-refractivity contribution in [3.8, 4) is 0 Å². The highest BCUT2D eigenvalue weighted by Crippen LogP contribution is 2.07. The molecule has 1 N–H and O–H groups in total. The Hall–Kier alpha value is -1.91. The summed E-state index contributed by atoms with van der Waals surface area (Å²) in [7, 11) is 0. The number of aromatic carboxylic acids is 1. The lowest BCUT2D eigenvalue weighted by atomic mass is 10.2. The molecular formula is C9H9N3O2. The molecule has 2 rings (SSSR count). The van der Waals surface area contributed by atoms with E-state index in [1.807, 2.05) is 6.92 Å². The van der Waals surface area contributed by atoms with Crippen LogP contribution in [0.3, 0.4) is 0 Å².